The van der Waals surface area contributed by atoms with Gasteiger partial charge in [0.15, 0.2) is 0 Å². The van der Waals surface area contributed by atoms with Crippen LogP contribution in [-0.2, 0) is 11.3 Å². The van der Waals surface area contributed by atoms with Crippen LogP contribution >= 0.6 is 0 Å². The standard InChI is InChI=1S/C27H29NO3/c1-19-11-10-16-28(26(29)31-27(2,3)4)23-17-24(30-18-20-12-6-5-7-13-20)21-14-8-9-15-22(21)25(19)23/h5-9,12-15,17H,1,10-11,16,18H2,2-4H3. The van der Waals surface area contributed by atoms with Crippen LogP contribution in [0.4, 0.5) is 10.5 Å². The summed E-state index contributed by atoms with van der Waals surface area (Å²) in [5.41, 5.74) is 3.37. The summed E-state index contributed by atoms with van der Waals surface area (Å²) in [7, 11) is 0. The largest absolute Gasteiger partial charge is 0.488 e. The molecule has 1 aliphatic heterocycles. The van der Waals surface area contributed by atoms with Crippen LogP contribution in [0.15, 0.2) is 67.2 Å². The summed E-state index contributed by atoms with van der Waals surface area (Å²) in [6.45, 7) is 11.0. The summed E-state index contributed by atoms with van der Waals surface area (Å²) < 4.78 is 12.0. The van der Waals surface area contributed by atoms with E-state index < -0.39 is 5.60 Å². The van der Waals surface area contributed by atoms with Crippen LogP contribution in [0.1, 0.15) is 44.7 Å². The van der Waals surface area contributed by atoms with Crippen molar-refractivity contribution in [2.24, 2.45) is 0 Å². The first-order chi connectivity index (χ1) is 14.8. The molecule has 0 unspecified atom stereocenters. The highest BCUT2D eigenvalue weighted by Crippen LogP contribution is 2.43. The van der Waals surface area contributed by atoms with E-state index in [9.17, 15) is 4.79 Å². The van der Waals surface area contributed by atoms with Crippen LogP contribution in [0.5, 0.6) is 5.75 Å². The molecule has 1 aliphatic rings. The Hall–Kier alpha value is -3.27. The lowest BCUT2D eigenvalue weighted by molar-refractivity contribution is 0.0580. The molecule has 160 valence electrons. The van der Waals surface area contributed by atoms with E-state index >= 15 is 0 Å². The van der Waals surface area contributed by atoms with Crippen LogP contribution < -0.4 is 9.64 Å². The fourth-order valence-corrected chi connectivity index (χ4v) is 3.97. The van der Waals surface area contributed by atoms with Crippen LogP contribution in [0.3, 0.4) is 0 Å². The van der Waals surface area contributed by atoms with E-state index in [1.165, 1.54) is 0 Å². The molecule has 0 bridgehead atoms. The zero-order valence-electron chi connectivity index (χ0n) is 18.5. The molecule has 0 saturated carbocycles. The Morgan fingerprint density at radius 2 is 1.71 bits per heavy atom. The van der Waals surface area contributed by atoms with Gasteiger partial charge in [-0.3, -0.25) is 4.90 Å². The number of carbonyl (C=O) groups excluding carboxylic acids is 1. The van der Waals surface area contributed by atoms with E-state index in [2.05, 4.69) is 18.7 Å². The molecule has 0 fully saturated rings. The second kappa shape index (κ2) is 8.46. The van der Waals surface area contributed by atoms with Gasteiger partial charge < -0.3 is 9.47 Å². The smallest absolute Gasteiger partial charge is 0.414 e. The summed E-state index contributed by atoms with van der Waals surface area (Å²) in [4.78, 5) is 14.8. The zero-order valence-corrected chi connectivity index (χ0v) is 18.5. The molecule has 0 aliphatic carbocycles. The van der Waals surface area contributed by atoms with Gasteiger partial charge in [0.2, 0.25) is 0 Å². The third-order valence-corrected chi connectivity index (χ3v) is 5.34. The molecule has 3 aromatic rings. The SMILES string of the molecule is C=C1CCCN(C(=O)OC(C)(C)C)c2cc(OCc3ccccc3)c3ccccc3c21. The molecule has 0 aromatic heterocycles. The van der Waals surface area contributed by atoms with E-state index in [1.54, 1.807) is 4.90 Å². The number of rotatable bonds is 3. The normalized spacial score (nSPS) is 14.2. The molecule has 0 radical (unpaired) electrons. The Morgan fingerprint density at radius 1 is 1.03 bits per heavy atom. The Balaban J connectivity index is 1.82. The monoisotopic (exact) mass is 415 g/mol. The Kier molecular flexibility index (Phi) is 5.73. The van der Waals surface area contributed by atoms with E-state index in [0.29, 0.717) is 13.2 Å². The first-order valence-corrected chi connectivity index (χ1v) is 10.7. The van der Waals surface area contributed by atoms with Crippen molar-refractivity contribution in [1.29, 1.82) is 0 Å². The number of nitrogens with zero attached hydrogens (tertiary/aromatic N) is 1. The molecule has 3 aromatic carbocycles. The Labute approximate surface area is 184 Å². The van der Waals surface area contributed by atoms with E-state index in [-0.39, 0.29) is 6.09 Å². The quantitative estimate of drug-likeness (QED) is 0.464. The lowest BCUT2D eigenvalue weighted by Gasteiger charge is -2.28. The van der Waals surface area contributed by atoms with Crippen molar-refractivity contribution in [2.75, 3.05) is 11.4 Å². The Bertz CT molecular complexity index is 1110. The summed E-state index contributed by atoms with van der Waals surface area (Å²) in [5.74, 6) is 0.751. The lowest BCUT2D eigenvalue weighted by atomic mass is 9.95. The van der Waals surface area contributed by atoms with Crippen molar-refractivity contribution in [3.05, 3.63) is 78.4 Å². The number of fused-ring (bicyclic) bond motifs is 3. The number of hydrogen-bond acceptors (Lipinski definition) is 3. The maximum atomic E-state index is 13.1. The van der Waals surface area contributed by atoms with Gasteiger partial charge in [0.1, 0.15) is 18.0 Å². The van der Waals surface area contributed by atoms with Gasteiger partial charge in [-0.05, 0) is 50.1 Å². The fourth-order valence-electron chi connectivity index (χ4n) is 3.97. The third-order valence-electron chi connectivity index (χ3n) is 5.34. The van der Waals surface area contributed by atoms with Crippen LogP contribution in [0.25, 0.3) is 16.3 Å². The predicted molar refractivity (Wildman–Crippen MR) is 127 cm³/mol. The van der Waals surface area contributed by atoms with Gasteiger partial charge in [-0.2, -0.15) is 0 Å². The van der Waals surface area contributed by atoms with Crippen molar-refractivity contribution in [2.45, 2.75) is 45.8 Å². The number of benzene rings is 3. The van der Waals surface area contributed by atoms with Crippen molar-refractivity contribution < 1.29 is 14.3 Å². The van der Waals surface area contributed by atoms with Gasteiger partial charge in [0.05, 0.1) is 5.69 Å². The van der Waals surface area contributed by atoms with Gasteiger partial charge in [-0.25, -0.2) is 4.79 Å². The molecule has 4 heteroatoms. The average molecular weight is 416 g/mol. The predicted octanol–water partition coefficient (Wildman–Crippen LogP) is 6.97. The maximum absolute atomic E-state index is 13.1. The second-order valence-corrected chi connectivity index (χ2v) is 8.93. The summed E-state index contributed by atoms with van der Waals surface area (Å²) in [6.07, 6.45) is 1.33. The Morgan fingerprint density at radius 3 is 2.42 bits per heavy atom. The van der Waals surface area contributed by atoms with E-state index in [0.717, 1.165) is 51.8 Å². The number of carbonyl (C=O) groups is 1. The molecule has 0 atom stereocenters. The molecular weight excluding hydrogens is 386 g/mol. The zero-order chi connectivity index (χ0) is 22.0. The van der Waals surface area contributed by atoms with Gasteiger partial charge >= 0.3 is 6.09 Å². The van der Waals surface area contributed by atoms with Crippen molar-refractivity contribution >= 4 is 28.1 Å². The minimum absolute atomic E-state index is 0.340. The molecule has 0 saturated heterocycles. The second-order valence-electron chi connectivity index (χ2n) is 8.93. The van der Waals surface area contributed by atoms with Crippen molar-refractivity contribution in [3.8, 4) is 5.75 Å². The van der Waals surface area contributed by atoms with Gasteiger partial charge in [-0.1, -0.05) is 61.2 Å². The number of amides is 1. The topological polar surface area (TPSA) is 38.8 Å². The van der Waals surface area contributed by atoms with Crippen LogP contribution in [0, 0.1) is 0 Å². The van der Waals surface area contributed by atoms with Gasteiger partial charge in [-0.15, -0.1) is 0 Å². The first kappa shape index (κ1) is 21.0. The van der Waals surface area contributed by atoms with Gasteiger partial charge in [0, 0.05) is 23.6 Å². The number of ether oxygens (including phenoxy) is 2. The molecular formula is C27H29NO3. The molecule has 0 N–H and O–H groups in total. The van der Waals surface area contributed by atoms with Crippen molar-refractivity contribution in [1.82, 2.24) is 0 Å². The third kappa shape index (κ3) is 4.58. The molecule has 1 amide bonds. The molecule has 31 heavy (non-hydrogen) atoms. The molecule has 4 nitrogen and oxygen atoms in total. The fraction of sp³-hybridized carbons (Fsp3) is 0.296. The molecule has 4 rings (SSSR count). The van der Waals surface area contributed by atoms with E-state index in [1.807, 2.05) is 69.3 Å². The molecule has 0 spiro atoms. The highest BCUT2D eigenvalue weighted by molar-refractivity contribution is 6.06. The highest BCUT2D eigenvalue weighted by Gasteiger charge is 2.29. The van der Waals surface area contributed by atoms with Crippen LogP contribution in [-0.4, -0.2) is 18.2 Å². The van der Waals surface area contributed by atoms with Gasteiger partial charge in [0.25, 0.3) is 0 Å². The first-order valence-electron chi connectivity index (χ1n) is 10.7. The summed E-state index contributed by atoms with van der Waals surface area (Å²) in [6, 6.07) is 20.2. The van der Waals surface area contributed by atoms with Crippen molar-refractivity contribution in [3.63, 3.8) is 0 Å². The lowest BCUT2D eigenvalue weighted by Crippen LogP contribution is -2.37. The number of anilines is 1. The highest BCUT2D eigenvalue weighted by atomic mass is 16.6. The molecule has 1 heterocycles. The van der Waals surface area contributed by atoms with E-state index in [4.69, 9.17) is 9.47 Å². The maximum Gasteiger partial charge on any atom is 0.414 e. The number of hydrogen-bond donors (Lipinski definition) is 0. The number of allylic oxidation sites excluding steroid dienone is 1. The summed E-state index contributed by atoms with van der Waals surface area (Å²) >= 11 is 0. The minimum atomic E-state index is -0.565. The average Bonchev–Trinajstić information content (AvgIpc) is 2.90. The minimum Gasteiger partial charge on any atom is -0.488 e. The summed E-state index contributed by atoms with van der Waals surface area (Å²) in [5, 5.41) is 2.06. The van der Waals surface area contributed by atoms with Crippen LogP contribution in [0.2, 0.25) is 0 Å².